The summed E-state index contributed by atoms with van der Waals surface area (Å²) in [4.78, 5) is 39.2. The lowest BCUT2D eigenvalue weighted by atomic mass is 10.1. The molecule has 0 atom stereocenters. The number of hydrogen-bond acceptors (Lipinski definition) is 6. The van der Waals surface area contributed by atoms with Crippen LogP contribution in [0.25, 0.3) is 0 Å². The number of rotatable bonds is 3. The Kier molecular flexibility index (Phi) is 6.21. The number of benzene rings is 2. The van der Waals surface area contributed by atoms with Gasteiger partial charge in [0.1, 0.15) is 11.5 Å². The van der Waals surface area contributed by atoms with Crippen LogP contribution in [-0.4, -0.2) is 59.5 Å². The first kappa shape index (κ1) is 23.4. The van der Waals surface area contributed by atoms with Crippen LogP contribution in [0.3, 0.4) is 0 Å². The van der Waals surface area contributed by atoms with Gasteiger partial charge in [0.25, 0.3) is 11.8 Å². The smallest absolute Gasteiger partial charge is 0.260 e. The number of aromatic nitrogens is 2. The normalized spacial score (nSPS) is 18.3. The summed E-state index contributed by atoms with van der Waals surface area (Å²) in [5.41, 5.74) is 4.11. The van der Waals surface area contributed by atoms with Crippen molar-refractivity contribution in [2.75, 3.05) is 43.4 Å². The molecular weight excluding hydrogens is 466 g/mol. The highest BCUT2D eigenvalue weighted by molar-refractivity contribution is 6.12. The molecule has 2 aliphatic heterocycles. The minimum absolute atomic E-state index is 0.0489. The van der Waals surface area contributed by atoms with Crippen LogP contribution in [0.2, 0.25) is 0 Å². The van der Waals surface area contributed by atoms with Crippen molar-refractivity contribution in [3.63, 3.8) is 0 Å². The monoisotopic (exact) mass is 497 g/mol. The van der Waals surface area contributed by atoms with Crippen LogP contribution < -0.4 is 21.2 Å². The summed E-state index contributed by atoms with van der Waals surface area (Å²) >= 11 is 0. The van der Waals surface area contributed by atoms with Gasteiger partial charge in [0.15, 0.2) is 0 Å². The Morgan fingerprint density at radius 3 is 2.51 bits per heavy atom. The van der Waals surface area contributed by atoms with E-state index in [0.29, 0.717) is 16.7 Å². The lowest BCUT2D eigenvalue weighted by Gasteiger charge is -2.27. The summed E-state index contributed by atoms with van der Waals surface area (Å²) in [6, 6.07) is 15.2. The number of hydrogen-bond donors (Lipinski definition) is 2. The van der Waals surface area contributed by atoms with Gasteiger partial charge in [-0.05, 0) is 49.2 Å². The Hall–Kier alpha value is -3.98. The van der Waals surface area contributed by atoms with Gasteiger partial charge >= 0.3 is 0 Å². The maximum absolute atomic E-state index is 13.2. The van der Waals surface area contributed by atoms with Crippen molar-refractivity contribution in [2.24, 2.45) is 4.99 Å². The van der Waals surface area contributed by atoms with Crippen LogP contribution in [0.4, 0.5) is 22.9 Å². The van der Waals surface area contributed by atoms with Gasteiger partial charge in [-0.15, -0.1) is 0 Å². The lowest BCUT2D eigenvalue weighted by molar-refractivity contribution is 0.0735. The quantitative estimate of drug-likeness (QED) is 0.577. The fourth-order valence-electron chi connectivity index (χ4n) is 5.47. The summed E-state index contributed by atoms with van der Waals surface area (Å²) in [5, 5.41) is 6.82. The van der Waals surface area contributed by atoms with E-state index in [1.165, 1.54) is 0 Å². The molecule has 2 fully saturated rings. The zero-order valence-corrected chi connectivity index (χ0v) is 21.0. The van der Waals surface area contributed by atoms with Crippen molar-refractivity contribution < 1.29 is 9.59 Å². The molecule has 2 aromatic carbocycles. The Morgan fingerprint density at radius 1 is 1.03 bits per heavy atom. The summed E-state index contributed by atoms with van der Waals surface area (Å²) < 4.78 is 2.16. The average Bonchev–Trinajstić information content (AvgIpc) is 3.45. The van der Waals surface area contributed by atoms with Crippen molar-refractivity contribution in [3.05, 3.63) is 71.5 Å². The molecular formula is C28H31N7O2. The second kappa shape index (κ2) is 9.82. The van der Waals surface area contributed by atoms with E-state index < -0.39 is 0 Å². The molecule has 1 aromatic heterocycles. The number of piperazine rings is 1. The zero-order chi connectivity index (χ0) is 25.4. The van der Waals surface area contributed by atoms with Crippen LogP contribution >= 0.6 is 0 Å². The Balaban J connectivity index is 1.42. The van der Waals surface area contributed by atoms with E-state index in [-0.39, 0.29) is 17.9 Å². The molecule has 6 rings (SSSR count). The van der Waals surface area contributed by atoms with Gasteiger partial charge < -0.3 is 20.4 Å². The minimum Gasteiger partial charge on any atom is -0.339 e. The minimum atomic E-state index is -0.0731. The topological polar surface area (TPSA) is 94.9 Å². The third kappa shape index (κ3) is 4.40. The number of anilines is 3. The Bertz CT molecular complexity index is 1400. The fraction of sp³-hybridized carbons (Fsp3) is 0.357. The van der Waals surface area contributed by atoms with Crippen LogP contribution in [0, 0.1) is 0 Å². The molecule has 1 saturated carbocycles. The van der Waals surface area contributed by atoms with E-state index in [0.717, 1.165) is 74.7 Å². The summed E-state index contributed by atoms with van der Waals surface area (Å²) in [6.07, 6.45) is 6.08. The maximum Gasteiger partial charge on any atom is 0.260 e. The summed E-state index contributed by atoms with van der Waals surface area (Å²) in [6.45, 7) is 3.09. The predicted molar refractivity (Wildman–Crippen MR) is 143 cm³/mol. The number of nitrogens with one attached hydrogen (secondary N) is 2. The van der Waals surface area contributed by atoms with E-state index in [4.69, 9.17) is 9.98 Å². The van der Waals surface area contributed by atoms with Crippen LogP contribution in [0.15, 0.2) is 59.7 Å². The largest absolute Gasteiger partial charge is 0.339 e. The highest BCUT2D eigenvalue weighted by Crippen LogP contribution is 2.38. The van der Waals surface area contributed by atoms with Crippen molar-refractivity contribution in [1.29, 1.82) is 0 Å². The second-order valence-corrected chi connectivity index (χ2v) is 9.84. The molecule has 1 saturated heterocycles. The molecule has 2 amide bonds. The molecule has 0 radical (unpaired) electrons. The van der Waals surface area contributed by atoms with E-state index in [9.17, 15) is 9.59 Å². The van der Waals surface area contributed by atoms with Crippen molar-refractivity contribution in [2.45, 2.75) is 31.7 Å². The molecule has 3 aromatic rings. The first-order valence-corrected chi connectivity index (χ1v) is 13.0. The first-order chi connectivity index (χ1) is 18.1. The van der Waals surface area contributed by atoms with Gasteiger partial charge in [-0.25, -0.2) is 9.98 Å². The number of carbonyl (C=O) groups is 2. The summed E-state index contributed by atoms with van der Waals surface area (Å²) in [5.74, 6) is 0.802. The highest BCUT2D eigenvalue weighted by Gasteiger charge is 2.29. The van der Waals surface area contributed by atoms with Crippen LogP contribution in [0.5, 0.6) is 0 Å². The molecule has 2 N–H and O–H groups in total. The van der Waals surface area contributed by atoms with E-state index in [2.05, 4.69) is 15.2 Å². The Morgan fingerprint density at radius 2 is 1.76 bits per heavy atom. The SMILES string of the molecule is CN1C(=O)c2ccccc2Nc2c1cnc(=Nc1ccc(C(=O)N3CCNCC3)cc1)n2C1CCCC1. The number of nitrogens with zero attached hydrogens (tertiary/aromatic N) is 5. The molecule has 190 valence electrons. The molecule has 3 aliphatic rings. The van der Waals surface area contributed by atoms with Crippen molar-refractivity contribution in [3.8, 4) is 0 Å². The molecule has 9 heteroatoms. The average molecular weight is 498 g/mol. The first-order valence-electron chi connectivity index (χ1n) is 13.0. The second-order valence-electron chi connectivity index (χ2n) is 9.84. The van der Waals surface area contributed by atoms with Crippen molar-refractivity contribution in [1.82, 2.24) is 19.8 Å². The molecule has 9 nitrogen and oxygen atoms in total. The number of fused-ring (bicyclic) bond motifs is 2. The van der Waals surface area contributed by atoms with Crippen LogP contribution in [0.1, 0.15) is 52.4 Å². The Labute approximate surface area is 215 Å². The molecule has 0 unspecified atom stereocenters. The number of amides is 2. The van der Waals surface area contributed by atoms with Gasteiger partial charge in [0.2, 0.25) is 5.62 Å². The zero-order valence-electron chi connectivity index (χ0n) is 21.0. The number of carbonyl (C=O) groups excluding carboxylic acids is 2. The fourth-order valence-corrected chi connectivity index (χ4v) is 5.47. The van der Waals surface area contributed by atoms with Gasteiger partial charge in [-0.2, -0.15) is 0 Å². The van der Waals surface area contributed by atoms with E-state index >= 15 is 0 Å². The molecule has 3 heterocycles. The van der Waals surface area contributed by atoms with Crippen molar-refractivity contribution >= 4 is 34.7 Å². The summed E-state index contributed by atoms with van der Waals surface area (Å²) in [7, 11) is 1.79. The lowest BCUT2D eigenvalue weighted by Crippen LogP contribution is -2.46. The highest BCUT2D eigenvalue weighted by atomic mass is 16.2. The molecule has 0 spiro atoms. The third-order valence-electron chi connectivity index (χ3n) is 7.52. The molecule has 37 heavy (non-hydrogen) atoms. The standard InChI is InChI=1S/C28H31N7O2/c1-33-24-18-30-28(31-20-12-10-19(11-13-20)26(36)34-16-14-29-15-17-34)35(21-6-2-3-7-21)25(24)32-23-9-5-4-8-22(23)27(33)37/h4-5,8-13,18,21,29,32H,2-3,6-7,14-17H2,1H3. The number of para-hydroxylation sites is 1. The van der Waals surface area contributed by atoms with Gasteiger partial charge in [0.05, 0.1) is 23.1 Å². The molecule has 1 aliphatic carbocycles. The van der Waals surface area contributed by atoms with E-state index in [1.54, 1.807) is 18.1 Å². The molecule has 0 bridgehead atoms. The maximum atomic E-state index is 13.2. The van der Waals surface area contributed by atoms with Gasteiger partial charge in [0, 0.05) is 44.8 Å². The third-order valence-corrected chi connectivity index (χ3v) is 7.52. The van der Waals surface area contributed by atoms with Crippen LogP contribution in [-0.2, 0) is 0 Å². The predicted octanol–water partition coefficient (Wildman–Crippen LogP) is 3.61. The van der Waals surface area contributed by atoms with Gasteiger partial charge in [-0.1, -0.05) is 25.0 Å². The van der Waals surface area contributed by atoms with Gasteiger partial charge in [-0.3, -0.25) is 14.2 Å². The van der Waals surface area contributed by atoms with E-state index in [1.807, 2.05) is 53.4 Å².